The molecule has 0 aromatic heterocycles. The number of aliphatic carboxylic acids is 1. The highest BCUT2D eigenvalue weighted by atomic mass is 32.2. The molecule has 24 heavy (non-hydrogen) atoms. The van der Waals surface area contributed by atoms with E-state index in [9.17, 15) is 14.7 Å². The van der Waals surface area contributed by atoms with Gasteiger partial charge in [0.1, 0.15) is 6.04 Å². The molecule has 1 unspecified atom stereocenters. The van der Waals surface area contributed by atoms with E-state index in [0.717, 1.165) is 23.5 Å². The fourth-order valence-electron chi connectivity index (χ4n) is 2.48. The van der Waals surface area contributed by atoms with Gasteiger partial charge < -0.3 is 10.4 Å². The highest BCUT2D eigenvalue weighted by Crippen LogP contribution is 2.33. The van der Waals surface area contributed by atoms with Crippen molar-refractivity contribution in [2.75, 3.05) is 0 Å². The fraction of sp³-hybridized carbons (Fsp3) is 0.263. The van der Waals surface area contributed by atoms with Crippen molar-refractivity contribution < 1.29 is 14.7 Å². The van der Waals surface area contributed by atoms with Gasteiger partial charge in [0.2, 0.25) is 0 Å². The van der Waals surface area contributed by atoms with Crippen molar-refractivity contribution >= 4 is 23.6 Å². The SMILES string of the molecule is O=C(NC(C(=O)O)C1CC1)c1ccc(SCc2ccccc2)cc1. The summed E-state index contributed by atoms with van der Waals surface area (Å²) in [4.78, 5) is 24.5. The number of thioether (sulfide) groups is 1. The fourth-order valence-corrected chi connectivity index (χ4v) is 3.33. The van der Waals surface area contributed by atoms with Crippen molar-refractivity contribution in [2.45, 2.75) is 29.5 Å². The second-order valence-corrected chi connectivity index (χ2v) is 6.97. The zero-order valence-corrected chi connectivity index (χ0v) is 14.0. The summed E-state index contributed by atoms with van der Waals surface area (Å²) in [6, 6.07) is 16.7. The van der Waals surface area contributed by atoms with Gasteiger partial charge in [-0.3, -0.25) is 4.79 Å². The van der Waals surface area contributed by atoms with Crippen molar-refractivity contribution in [3.05, 3.63) is 65.7 Å². The van der Waals surface area contributed by atoms with Crippen LogP contribution in [0.2, 0.25) is 0 Å². The number of nitrogens with one attached hydrogen (secondary N) is 1. The molecule has 0 spiro atoms. The molecule has 0 radical (unpaired) electrons. The van der Waals surface area contributed by atoms with Gasteiger partial charge in [0.05, 0.1) is 0 Å². The number of amides is 1. The van der Waals surface area contributed by atoms with Gasteiger partial charge in [0.15, 0.2) is 0 Å². The van der Waals surface area contributed by atoms with Gasteiger partial charge in [-0.2, -0.15) is 0 Å². The van der Waals surface area contributed by atoms with E-state index in [0.29, 0.717) is 5.56 Å². The number of carboxylic acids is 1. The van der Waals surface area contributed by atoms with Crippen LogP contribution < -0.4 is 5.32 Å². The van der Waals surface area contributed by atoms with Gasteiger partial charge in [-0.15, -0.1) is 11.8 Å². The maximum Gasteiger partial charge on any atom is 0.326 e. The molecule has 1 aliphatic carbocycles. The monoisotopic (exact) mass is 341 g/mol. The standard InChI is InChI=1S/C19H19NO3S/c21-18(20-17(19(22)23)14-6-7-14)15-8-10-16(11-9-15)24-12-13-4-2-1-3-5-13/h1-5,8-11,14,17H,6-7,12H2,(H,20,21)(H,22,23). The van der Waals surface area contributed by atoms with Crippen LogP contribution in [0.15, 0.2) is 59.5 Å². The maximum absolute atomic E-state index is 12.2. The van der Waals surface area contributed by atoms with Crippen molar-refractivity contribution in [3.63, 3.8) is 0 Å². The molecule has 2 aromatic rings. The van der Waals surface area contributed by atoms with Gasteiger partial charge in [0.25, 0.3) is 5.91 Å². The van der Waals surface area contributed by atoms with Gasteiger partial charge in [0, 0.05) is 16.2 Å². The second kappa shape index (κ2) is 7.53. The average Bonchev–Trinajstić information content (AvgIpc) is 3.43. The molecule has 1 amide bonds. The van der Waals surface area contributed by atoms with Crippen LogP contribution in [-0.2, 0) is 10.5 Å². The van der Waals surface area contributed by atoms with Crippen LogP contribution in [-0.4, -0.2) is 23.0 Å². The average molecular weight is 341 g/mol. The Labute approximate surface area is 145 Å². The summed E-state index contributed by atoms with van der Waals surface area (Å²) in [5.41, 5.74) is 1.74. The summed E-state index contributed by atoms with van der Waals surface area (Å²) in [6.07, 6.45) is 1.73. The van der Waals surface area contributed by atoms with E-state index in [4.69, 9.17) is 0 Å². The Morgan fingerprint density at radius 2 is 1.75 bits per heavy atom. The minimum absolute atomic E-state index is 0.0761. The van der Waals surface area contributed by atoms with E-state index in [-0.39, 0.29) is 11.8 Å². The highest BCUT2D eigenvalue weighted by Gasteiger charge is 2.37. The first-order valence-electron chi connectivity index (χ1n) is 7.94. The number of benzene rings is 2. The molecule has 0 saturated heterocycles. The summed E-state index contributed by atoms with van der Waals surface area (Å²) in [6.45, 7) is 0. The normalized spacial score (nSPS) is 14.8. The lowest BCUT2D eigenvalue weighted by Gasteiger charge is -2.13. The number of hydrogen-bond acceptors (Lipinski definition) is 3. The molecule has 2 aromatic carbocycles. The number of rotatable bonds is 7. The molecule has 4 nitrogen and oxygen atoms in total. The highest BCUT2D eigenvalue weighted by molar-refractivity contribution is 7.98. The summed E-state index contributed by atoms with van der Waals surface area (Å²) in [5.74, 6) is -0.336. The molecule has 3 rings (SSSR count). The van der Waals surface area contributed by atoms with Crippen molar-refractivity contribution in [2.24, 2.45) is 5.92 Å². The number of carboxylic acid groups (broad SMARTS) is 1. The first-order valence-corrected chi connectivity index (χ1v) is 8.92. The van der Waals surface area contributed by atoms with Crippen molar-refractivity contribution in [3.8, 4) is 0 Å². The quantitative estimate of drug-likeness (QED) is 0.756. The number of hydrogen-bond donors (Lipinski definition) is 2. The molecule has 1 atom stereocenters. The van der Waals surface area contributed by atoms with Crippen LogP contribution in [0.1, 0.15) is 28.8 Å². The van der Waals surface area contributed by atoms with E-state index in [2.05, 4.69) is 17.4 Å². The summed E-state index contributed by atoms with van der Waals surface area (Å²) in [5, 5.41) is 11.8. The van der Waals surface area contributed by atoms with E-state index in [1.165, 1.54) is 5.56 Å². The van der Waals surface area contributed by atoms with Crippen LogP contribution >= 0.6 is 11.8 Å². The van der Waals surface area contributed by atoms with E-state index >= 15 is 0 Å². The first kappa shape index (κ1) is 16.6. The molecule has 1 saturated carbocycles. The summed E-state index contributed by atoms with van der Waals surface area (Å²) >= 11 is 1.70. The molecule has 5 heteroatoms. The third kappa shape index (κ3) is 4.38. The predicted molar refractivity (Wildman–Crippen MR) is 94.1 cm³/mol. The molecule has 0 bridgehead atoms. The van der Waals surface area contributed by atoms with E-state index in [1.54, 1.807) is 23.9 Å². The van der Waals surface area contributed by atoms with E-state index in [1.807, 2.05) is 30.3 Å². The third-order valence-electron chi connectivity index (χ3n) is 4.01. The van der Waals surface area contributed by atoms with Crippen LogP contribution in [0, 0.1) is 5.92 Å². The Balaban J connectivity index is 1.57. The van der Waals surface area contributed by atoms with Crippen LogP contribution in [0.5, 0.6) is 0 Å². The summed E-state index contributed by atoms with van der Waals surface area (Å²) < 4.78 is 0. The van der Waals surface area contributed by atoms with Crippen LogP contribution in [0.3, 0.4) is 0 Å². The molecule has 124 valence electrons. The molecule has 2 N–H and O–H groups in total. The zero-order valence-electron chi connectivity index (χ0n) is 13.1. The third-order valence-corrected chi connectivity index (χ3v) is 5.09. The largest absolute Gasteiger partial charge is 0.480 e. The van der Waals surface area contributed by atoms with Crippen LogP contribution in [0.4, 0.5) is 0 Å². The first-order chi connectivity index (χ1) is 11.6. The summed E-state index contributed by atoms with van der Waals surface area (Å²) in [7, 11) is 0. The molecule has 0 aliphatic heterocycles. The molecular weight excluding hydrogens is 322 g/mol. The van der Waals surface area contributed by atoms with E-state index < -0.39 is 12.0 Å². The molecule has 0 heterocycles. The topological polar surface area (TPSA) is 66.4 Å². The minimum Gasteiger partial charge on any atom is -0.480 e. The maximum atomic E-state index is 12.2. The van der Waals surface area contributed by atoms with Crippen LogP contribution in [0.25, 0.3) is 0 Å². The lowest BCUT2D eigenvalue weighted by Crippen LogP contribution is -2.42. The van der Waals surface area contributed by atoms with Gasteiger partial charge in [-0.05, 0) is 48.6 Å². The molecule has 1 fully saturated rings. The predicted octanol–water partition coefficient (Wildman–Crippen LogP) is 3.57. The molecule has 1 aliphatic rings. The Hall–Kier alpha value is -2.27. The lowest BCUT2D eigenvalue weighted by atomic mass is 10.1. The molecular formula is C19H19NO3S. The Morgan fingerprint density at radius 3 is 2.33 bits per heavy atom. The second-order valence-electron chi connectivity index (χ2n) is 5.93. The number of carbonyl (C=O) groups excluding carboxylic acids is 1. The lowest BCUT2D eigenvalue weighted by molar-refractivity contribution is -0.139. The minimum atomic E-state index is -0.958. The Kier molecular flexibility index (Phi) is 5.20. The van der Waals surface area contributed by atoms with Gasteiger partial charge >= 0.3 is 5.97 Å². The van der Waals surface area contributed by atoms with Gasteiger partial charge in [-0.1, -0.05) is 30.3 Å². The van der Waals surface area contributed by atoms with Crippen molar-refractivity contribution in [1.82, 2.24) is 5.32 Å². The smallest absolute Gasteiger partial charge is 0.326 e. The Bertz CT molecular complexity index is 711. The van der Waals surface area contributed by atoms with Crippen molar-refractivity contribution in [1.29, 1.82) is 0 Å². The van der Waals surface area contributed by atoms with Gasteiger partial charge in [-0.25, -0.2) is 4.79 Å². The Morgan fingerprint density at radius 1 is 1.08 bits per heavy atom. The zero-order chi connectivity index (χ0) is 16.9. The number of carbonyl (C=O) groups is 2.